The molecule has 0 radical (unpaired) electrons. The van der Waals surface area contributed by atoms with Crippen molar-refractivity contribution in [2.24, 2.45) is 5.92 Å². The molecule has 126 valence electrons. The van der Waals surface area contributed by atoms with Gasteiger partial charge in [-0.1, -0.05) is 23.4 Å². The summed E-state index contributed by atoms with van der Waals surface area (Å²) in [6.07, 6.45) is 5.29. The number of likely N-dealkylation sites (tertiary alicyclic amines) is 1. The Morgan fingerprint density at radius 3 is 2.83 bits per heavy atom. The van der Waals surface area contributed by atoms with Crippen LogP contribution in [0.1, 0.15) is 24.7 Å². The predicted molar refractivity (Wildman–Crippen MR) is 90.4 cm³/mol. The molecule has 6 nitrogen and oxygen atoms in total. The van der Waals surface area contributed by atoms with Crippen molar-refractivity contribution in [2.45, 2.75) is 25.5 Å². The van der Waals surface area contributed by atoms with E-state index in [4.69, 9.17) is 4.42 Å². The highest BCUT2D eigenvalue weighted by Gasteiger charge is 2.23. The van der Waals surface area contributed by atoms with Gasteiger partial charge in [-0.15, -0.1) is 5.10 Å². The fraction of sp³-hybridized carbons (Fsp3) is 0.444. The van der Waals surface area contributed by atoms with E-state index < -0.39 is 6.10 Å². The molecule has 4 rings (SSSR count). The fourth-order valence-corrected chi connectivity index (χ4v) is 3.45. The molecule has 1 aliphatic rings. The van der Waals surface area contributed by atoms with Gasteiger partial charge < -0.3 is 14.4 Å². The van der Waals surface area contributed by atoms with E-state index in [-0.39, 0.29) is 0 Å². The summed E-state index contributed by atoms with van der Waals surface area (Å²) in [5.41, 5.74) is 0.832. The van der Waals surface area contributed by atoms with Crippen LogP contribution < -0.4 is 0 Å². The summed E-state index contributed by atoms with van der Waals surface area (Å²) in [6.45, 7) is 3.54. The predicted octanol–water partition coefficient (Wildman–Crippen LogP) is 2.47. The number of benzene rings is 1. The molecule has 24 heavy (non-hydrogen) atoms. The average Bonchev–Trinajstić information content (AvgIpc) is 3.25. The van der Waals surface area contributed by atoms with E-state index in [1.165, 1.54) is 0 Å². The molecule has 3 heterocycles. The second-order valence-electron chi connectivity index (χ2n) is 6.57. The zero-order valence-electron chi connectivity index (χ0n) is 13.6. The summed E-state index contributed by atoms with van der Waals surface area (Å²) in [5.74, 6) is 1.28. The molecule has 6 heteroatoms. The molecule has 1 saturated heterocycles. The number of hydrogen-bond acceptors (Lipinski definition) is 5. The minimum absolute atomic E-state index is 0.579. The lowest BCUT2D eigenvalue weighted by Crippen LogP contribution is -2.37. The normalized spacial score (nSPS) is 18.2. The summed E-state index contributed by atoms with van der Waals surface area (Å²) in [7, 11) is 0. The Morgan fingerprint density at radius 1 is 1.25 bits per heavy atom. The summed E-state index contributed by atoms with van der Waals surface area (Å²) in [6, 6.07) is 9.80. The Morgan fingerprint density at radius 2 is 2.08 bits per heavy atom. The van der Waals surface area contributed by atoms with Crippen LogP contribution in [0.25, 0.3) is 11.0 Å². The fourth-order valence-electron chi connectivity index (χ4n) is 3.45. The monoisotopic (exact) mass is 326 g/mol. The van der Waals surface area contributed by atoms with E-state index in [1.807, 2.05) is 41.2 Å². The molecule has 3 aromatic rings. The lowest BCUT2D eigenvalue weighted by molar-refractivity contribution is 0.0736. The number of rotatable bonds is 5. The Balaban J connectivity index is 1.31. The van der Waals surface area contributed by atoms with Gasteiger partial charge in [0.25, 0.3) is 0 Å². The van der Waals surface area contributed by atoms with Crippen LogP contribution in [0.5, 0.6) is 0 Å². The highest BCUT2D eigenvalue weighted by molar-refractivity contribution is 5.77. The van der Waals surface area contributed by atoms with Gasteiger partial charge >= 0.3 is 0 Å². The Labute approximate surface area is 140 Å². The molecule has 0 bridgehead atoms. The maximum absolute atomic E-state index is 10.5. The van der Waals surface area contributed by atoms with Gasteiger partial charge in [-0.3, -0.25) is 4.68 Å². The summed E-state index contributed by atoms with van der Waals surface area (Å²) in [5, 5.41) is 19.4. The maximum Gasteiger partial charge on any atom is 0.135 e. The molecule has 0 amide bonds. The molecule has 1 aliphatic heterocycles. The maximum atomic E-state index is 10.5. The first-order chi connectivity index (χ1) is 11.8. The third-order valence-corrected chi connectivity index (χ3v) is 4.83. The minimum Gasteiger partial charge on any atom is -0.458 e. The van der Waals surface area contributed by atoms with Gasteiger partial charge in [0.1, 0.15) is 17.4 Å². The van der Waals surface area contributed by atoms with Crippen molar-refractivity contribution < 1.29 is 9.52 Å². The van der Waals surface area contributed by atoms with Gasteiger partial charge in [-0.25, -0.2) is 0 Å². The first-order valence-electron chi connectivity index (χ1n) is 8.51. The molecule has 2 aromatic heterocycles. The van der Waals surface area contributed by atoms with E-state index in [0.717, 1.165) is 43.4 Å². The second kappa shape index (κ2) is 6.75. The number of para-hydroxylation sites is 1. The van der Waals surface area contributed by atoms with Gasteiger partial charge in [-0.05, 0) is 44.0 Å². The third kappa shape index (κ3) is 3.34. The highest BCUT2D eigenvalue weighted by atomic mass is 16.4. The lowest BCUT2D eigenvalue weighted by Gasteiger charge is -2.32. The summed E-state index contributed by atoms with van der Waals surface area (Å²) in [4.78, 5) is 2.32. The van der Waals surface area contributed by atoms with Crippen LogP contribution >= 0.6 is 0 Å². The number of aliphatic hydroxyl groups is 1. The Hall–Kier alpha value is -2.18. The number of nitrogens with zero attached hydrogens (tertiary/aromatic N) is 4. The molecule has 0 saturated carbocycles. The van der Waals surface area contributed by atoms with E-state index in [0.29, 0.717) is 18.2 Å². The molecule has 1 N–H and O–H groups in total. The zero-order valence-corrected chi connectivity index (χ0v) is 13.6. The largest absolute Gasteiger partial charge is 0.458 e. The number of aromatic nitrogens is 3. The smallest absolute Gasteiger partial charge is 0.135 e. The average molecular weight is 326 g/mol. The summed E-state index contributed by atoms with van der Waals surface area (Å²) >= 11 is 0. The van der Waals surface area contributed by atoms with Crippen molar-refractivity contribution in [2.75, 3.05) is 19.6 Å². The Kier molecular flexibility index (Phi) is 4.32. The first kappa shape index (κ1) is 15.4. The van der Waals surface area contributed by atoms with E-state index >= 15 is 0 Å². The summed E-state index contributed by atoms with van der Waals surface area (Å²) < 4.78 is 7.67. The van der Waals surface area contributed by atoms with Crippen LogP contribution in [0.2, 0.25) is 0 Å². The number of fused-ring (bicyclic) bond motifs is 1. The molecular weight excluding hydrogens is 304 g/mol. The number of hydrogen-bond donors (Lipinski definition) is 1. The SMILES string of the molecule is OC(CN1CCC(Cn2ccnn2)CC1)c1cc2ccccc2o1. The molecule has 1 aromatic carbocycles. The van der Waals surface area contributed by atoms with Crippen molar-refractivity contribution >= 4 is 11.0 Å². The molecule has 0 aliphatic carbocycles. The molecule has 0 spiro atoms. The van der Waals surface area contributed by atoms with Gasteiger partial charge in [0.2, 0.25) is 0 Å². The van der Waals surface area contributed by atoms with Crippen LogP contribution in [-0.4, -0.2) is 44.6 Å². The number of aliphatic hydroxyl groups excluding tert-OH is 1. The van der Waals surface area contributed by atoms with Crippen LogP contribution in [0, 0.1) is 5.92 Å². The third-order valence-electron chi connectivity index (χ3n) is 4.83. The Bertz CT molecular complexity index is 742. The van der Waals surface area contributed by atoms with E-state index in [9.17, 15) is 5.11 Å². The van der Waals surface area contributed by atoms with Gasteiger partial charge in [-0.2, -0.15) is 0 Å². The standard InChI is InChI=1S/C18H22N4O2/c23-16(18-11-15-3-1-2-4-17(15)24-18)13-21-8-5-14(6-9-21)12-22-10-7-19-20-22/h1-4,7,10-11,14,16,23H,5-6,8-9,12-13H2. The lowest BCUT2D eigenvalue weighted by atomic mass is 9.96. The number of piperidine rings is 1. The van der Waals surface area contributed by atoms with Crippen molar-refractivity contribution in [3.8, 4) is 0 Å². The second-order valence-corrected chi connectivity index (χ2v) is 6.57. The van der Waals surface area contributed by atoms with Gasteiger partial charge in [0, 0.05) is 24.7 Å². The first-order valence-corrected chi connectivity index (χ1v) is 8.51. The topological polar surface area (TPSA) is 67.3 Å². The van der Waals surface area contributed by atoms with Crippen LogP contribution in [0.15, 0.2) is 47.1 Å². The van der Waals surface area contributed by atoms with E-state index in [1.54, 1.807) is 6.20 Å². The van der Waals surface area contributed by atoms with Crippen molar-refractivity contribution in [1.82, 2.24) is 19.9 Å². The number of β-amino-alcohol motifs (C(OH)–C–C–N with tert-alkyl or cyclic N) is 1. The zero-order chi connectivity index (χ0) is 16.4. The van der Waals surface area contributed by atoms with Crippen LogP contribution in [0.3, 0.4) is 0 Å². The number of furan rings is 1. The quantitative estimate of drug-likeness (QED) is 0.780. The molecule has 1 fully saturated rings. The van der Waals surface area contributed by atoms with Gasteiger partial charge in [0.05, 0.1) is 6.20 Å². The van der Waals surface area contributed by atoms with E-state index in [2.05, 4.69) is 15.2 Å². The molecule has 1 unspecified atom stereocenters. The van der Waals surface area contributed by atoms with Gasteiger partial charge in [0.15, 0.2) is 0 Å². The van der Waals surface area contributed by atoms with Crippen molar-refractivity contribution in [1.29, 1.82) is 0 Å². The van der Waals surface area contributed by atoms with Crippen molar-refractivity contribution in [3.05, 3.63) is 48.5 Å². The highest BCUT2D eigenvalue weighted by Crippen LogP contribution is 2.26. The molecular formula is C18H22N4O2. The van der Waals surface area contributed by atoms with Crippen LogP contribution in [-0.2, 0) is 6.54 Å². The van der Waals surface area contributed by atoms with Crippen LogP contribution in [0.4, 0.5) is 0 Å². The molecule has 1 atom stereocenters. The van der Waals surface area contributed by atoms with Crippen molar-refractivity contribution in [3.63, 3.8) is 0 Å². The minimum atomic E-state index is -0.579.